The molecule has 0 heterocycles. The number of halogens is 3. The topological polar surface area (TPSA) is 29.3 Å². The van der Waals surface area contributed by atoms with Crippen LogP contribution in [0.15, 0.2) is 23.1 Å². The molecule has 0 aromatic heterocycles. The minimum atomic E-state index is -4.34. The van der Waals surface area contributed by atoms with Gasteiger partial charge in [-0.2, -0.15) is 13.2 Å². The number of rotatable bonds is 7. The summed E-state index contributed by atoms with van der Waals surface area (Å²) in [6.07, 6.45) is -4.34. The lowest BCUT2D eigenvalue weighted by molar-refractivity contribution is -0.138. The fraction of sp³-hybridized carbons (Fsp3) is 0.571. The number of hydrogen-bond donors (Lipinski definition) is 1. The van der Waals surface area contributed by atoms with Crippen LogP contribution < -0.4 is 5.73 Å². The smallest absolute Gasteiger partial charge is 0.326 e. The van der Waals surface area contributed by atoms with Gasteiger partial charge >= 0.3 is 6.18 Å². The second kappa shape index (κ2) is 7.90. The molecular weight excluding hydrogens is 285 g/mol. The third-order valence-electron chi connectivity index (χ3n) is 3.18. The first-order valence-corrected chi connectivity index (χ1v) is 7.66. The van der Waals surface area contributed by atoms with Gasteiger partial charge in [0.1, 0.15) is 0 Å². The molecule has 0 aliphatic heterocycles. The van der Waals surface area contributed by atoms with Gasteiger partial charge in [-0.25, -0.2) is 0 Å². The summed E-state index contributed by atoms with van der Waals surface area (Å²) in [5.74, 6) is 0.779. The zero-order chi connectivity index (χ0) is 15.2. The standard InChI is InChI=1S/C14H21F3N2S/c1-3-19(4-2)7-8-20-12-6-5-11(10-18)13(9-12)14(15,16)17/h5-6,9H,3-4,7-8,10,18H2,1-2H3. The van der Waals surface area contributed by atoms with E-state index in [0.29, 0.717) is 4.90 Å². The van der Waals surface area contributed by atoms with Crippen molar-refractivity contribution in [3.8, 4) is 0 Å². The molecule has 0 aliphatic carbocycles. The van der Waals surface area contributed by atoms with Gasteiger partial charge in [0.25, 0.3) is 0 Å². The van der Waals surface area contributed by atoms with E-state index < -0.39 is 11.7 Å². The van der Waals surface area contributed by atoms with Crippen LogP contribution >= 0.6 is 11.8 Å². The van der Waals surface area contributed by atoms with Crippen LogP contribution in [0.3, 0.4) is 0 Å². The van der Waals surface area contributed by atoms with Gasteiger partial charge in [0, 0.05) is 23.7 Å². The van der Waals surface area contributed by atoms with Gasteiger partial charge < -0.3 is 10.6 Å². The van der Waals surface area contributed by atoms with Gasteiger partial charge in [-0.3, -0.25) is 0 Å². The number of nitrogens with two attached hydrogens (primary N) is 1. The van der Waals surface area contributed by atoms with Gasteiger partial charge in [0.05, 0.1) is 5.56 Å². The summed E-state index contributed by atoms with van der Waals surface area (Å²) in [4.78, 5) is 2.88. The van der Waals surface area contributed by atoms with Crippen LogP contribution in [-0.2, 0) is 12.7 Å². The van der Waals surface area contributed by atoms with Crippen molar-refractivity contribution in [3.05, 3.63) is 29.3 Å². The molecule has 0 aliphatic rings. The lowest BCUT2D eigenvalue weighted by atomic mass is 10.1. The Morgan fingerprint density at radius 3 is 2.35 bits per heavy atom. The summed E-state index contributed by atoms with van der Waals surface area (Å²) >= 11 is 1.45. The number of alkyl halides is 3. The molecule has 0 bridgehead atoms. The van der Waals surface area contributed by atoms with Gasteiger partial charge in [-0.15, -0.1) is 11.8 Å². The number of nitrogens with zero attached hydrogens (tertiary/aromatic N) is 1. The van der Waals surface area contributed by atoms with Crippen LogP contribution in [0.25, 0.3) is 0 Å². The van der Waals surface area contributed by atoms with Crippen LogP contribution in [0, 0.1) is 0 Å². The molecule has 2 N–H and O–H groups in total. The van der Waals surface area contributed by atoms with Crippen molar-refractivity contribution >= 4 is 11.8 Å². The summed E-state index contributed by atoms with van der Waals surface area (Å²) in [7, 11) is 0. The molecule has 0 fully saturated rings. The first-order valence-electron chi connectivity index (χ1n) is 6.67. The summed E-state index contributed by atoms with van der Waals surface area (Å²) in [6, 6.07) is 4.39. The highest BCUT2D eigenvalue weighted by molar-refractivity contribution is 7.99. The monoisotopic (exact) mass is 306 g/mol. The number of hydrogen-bond acceptors (Lipinski definition) is 3. The molecule has 0 atom stereocenters. The number of benzene rings is 1. The van der Waals surface area contributed by atoms with E-state index in [9.17, 15) is 13.2 Å². The largest absolute Gasteiger partial charge is 0.416 e. The normalized spacial score (nSPS) is 12.2. The van der Waals surface area contributed by atoms with E-state index in [1.54, 1.807) is 6.07 Å². The molecule has 114 valence electrons. The summed E-state index contributed by atoms with van der Waals surface area (Å²) in [5, 5.41) is 0. The first kappa shape index (κ1) is 17.3. The van der Waals surface area contributed by atoms with E-state index in [0.717, 1.165) is 25.4 Å². The molecule has 0 spiro atoms. The lowest BCUT2D eigenvalue weighted by Gasteiger charge is -2.18. The Hall–Kier alpha value is -0.720. The third-order valence-corrected chi connectivity index (χ3v) is 4.15. The Balaban J connectivity index is 2.73. The first-order chi connectivity index (χ1) is 9.42. The highest BCUT2D eigenvalue weighted by Crippen LogP contribution is 2.34. The third kappa shape index (κ3) is 5.00. The quantitative estimate of drug-likeness (QED) is 0.781. The van der Waals surface area contributed by atoms with Crippen LogP contribution in [0.4, 0.5) is 13.2 Å². The lowest BCUT2D eigenvalue weighted by Crippen LogP contribution is -2.25. The molecule has 6 heteroatoms. The second-order valence-electron chi connectivity index (χ2n) is 4.40. The van der Waals surface area contributed by atoms with E-state index in [1.165, 1.54) is 23.9 Å². The Bertz CT molecular complexity index is 417. The van der Waals surface area contributed by atoms with Crippen molar-refractivity contribution in [2.75, 3.05) is 25.4 Å². The second-order valence-corrected chi connectivity index (χ2v) is 5.56. The van der Waals surface area contributed by atoms with Crippen molar-refractivity contribution in [3.63, 3.8) is 0 Å². The van der Waals surface area contributed by atoms with Crippen molar-refractivity contribution < 1.29 is 13.2 Å². The minimum Gasteiger partial charge on any atom is -0.326 e. The highest BCUT2D eigenvalue weighted by Gasteiger charge is 2.33. The molecule has 1 rings (SSSR count). The summed E-state index contributed by atoms with van der Waals surface area (Å²) in [5.41, 5.74) is 4.89. The van der Waals surface area contributed by atoms with Gasteiger partial charge in [0.15, 0.2) is 0 Å². The highest BCUT2D eigenvalue weighted by atomic mass is 32.2. The van der Waals surface area contributed by atoms with Crippen LogP contribution in [0.5, 0.6) is 0 Å². The minimum absolute atomic E-state index is 0.0980. The SMILES string of the molecule is CCN(CC)CCSc1ccc(CN)c(C(F)(F)F)c1. The Morgan fingerprint density at radius 2 is 1.85 bits per heavy atom. The van der Waals surface area contributed by atoms with E-state index in [-0.39, 0.29) is 12.1 Å². The van der Waals surface area contributed by atoms with Crippen molar-refractivity contribution in [2.24, 2.45) is 5.73 Å². The van der Waals surface area contributed by atoms with Gasteiger partial charge in [-0.1, -0.05) is 19.9 Å². The predicted molar refractivity (Wildman–Crippen MR) is 77.8 cm³/mol. The Labute approximate surface area is 122 Å². The molecule has 0 radical (unpaired) electrons. The van der Waals surface area contributed by atoms with Crippen molar-refractivity contribution in [2.45, 2.75) is 31.5 Å². The Morgan fingerprint density at radius 1 is 1.20 bits per heavy atom. The zero-order valence-corrected chi connectivity index (χ0v) is 12.7. The average molecular weight is 306 g/mol. The van der Waals surface area contributed by atoms with Crippen molar-refractivity contribution in [1.82, 2.24) is 4.90 Å². The van der Waals surface area contributed by atoms with Crippen LogP contribution in [0.2, 0.25) is 0 Å². The van der Waals surface area contributed by atoms with Crippen molar-refractivity contribution in [1.29, 1.82) is 0 Å². The van der Waals surface area contributed by atoms with Crippen LogP contribution in [0.1, 0.15) is 25.0 Å². The maximum Gasteiger partial charge on any atom is 0.416 e. The zero-order valence-electron chi connectivity index (χ0n) is 11.8. The molecule has 1 aromatic carbocycles. The fourth-order valence-electron chi connectivity index (χ4n) is 1.92. The molecule has 0 saturated heterocycles. The predicted octanol–water partition coefficient (Wildman–Crippen LogP) is 3.60. The molecular formula is C14H21F3N2S. The molecule has 1 aromatic rings. The van der Waals surface area contributed by atoms with Crippen LogP contribution in [-0.4, -0.2) is 30.3 Å². The molecule has 20 heavy (non-hydrogen) atoms. The molecule has 0 unspecified atom stereocenters. The number of thioether (sulfide) groups is 1. The van der Waals surface area contributed by atoms with E-state index in [2.05, 4.69) is 18.7 Å². The molecule has 0 saturated carbocycles. The van der Waals surface area contributed by atoms with E-state index in [4.69, 9.17) is 5.73 Å². The summed E-state index contributed by atoms with van der Waals surface area (Å²) in [6.45, 7) is 6.84. The Kier molecular flexibility index (Phi) is 6.85. The summed E-state index contributed by atoms with van der Waals surface area (Å²) < 4.78 is 38.7. The fourth-order valence-corrected chi connectivity index (χ4v) is 2.87. The maximum atomic E-state index is 12.9. The van der Waals surface area contributed by atoms with E-state index >= 15 is 0 Å². The van der Waals surface area contributed by atoms with E-state index in [1.807, 2.05) is 0 Å². The maximum absolute atomic E-state index is 12.9. The molecule has 2 nitrogen and oxygen atoms in total. The average Bonchev–Trinajstić information content (AvgIpc) is 2.42. The molecule has 0 amide bonds. The van der Waals surface area contributed by atoms with Gasteiger partial charge in [0.2, 0.25) is 0 Å². The van der Waals surface area contributed by atoms with Gasteiger partial charge in [-0.05, 0) is 30.8 Å².